The lowest BCUT2D eigenvalue weighted by molar-refractivity contribution is 0.0976. The van der Waals surface area contributed by atoms with E-state index in [1.54, 1.807) is 24.4 Å². The van der Waals surface area contributed by atoms with E-state index in [9.17, 15) is 13.2 Å². The molecule has 210 valence electrons. The minimum atomic E-state index is -4.07. The van der Waals surface area contributed by atoms with Gasteiger partial charge in [-0.1, -0.05) is 54.1 Å². The monoisotopic (exact) mass is 587 g/mol. The van der Waals surface area contributed by atoms with Crippen molar-refractivity contribution in [3.63, 3.8) is 0 Å². The van der Waals surface area contributed by atoms with Crippen LogP contribution < -0.4 is 9.46 Å². The Morgan fingerprint density at radius 2 is 1.66 bits per heavy atom. The maximum absolute atomic E-state index is 13.5. The van der Waals surface area contributed by atoms with E-state index in [2.05, 4.69) is 14.7 Å². The normalized spacial score (nSPS) is 11.5. The van der Waals surface area contributed by atoms with E-state index >= 15 is 0 Å². The highest BCUT2D eigenvalue weighted by molar-refractivity contribution is 7.90. The van der Waals surface area contributed by atoms with Gasteiger partial charge in [0.15, 0.2) is 0 Å². The summed E-state index contributed by atoms with van der Waals surface area (Å²) in [5, 5.41) is 1.56. The molecule has 2 aromatic heterocycles. The summed E-state index contributed by atoms with van der Waals surface area (Å²) < 4.78 is 34.2. The van der Waals surface area contributed by atoms with Crippen LogP contribution in [0.15, 0.2) is 83.9 Å². The second-order valence-corrected chi connectivity index (χ2v) is 12.0. The molecule has 0 saturated heterocycles. The van der Waals surface area contributed by atoms with Crippen molar-refractivity contribution in [1.82, 2.24) is 14.7 Å². The smallest absolute Gasteiger partial charge is 0.281 e. The predicted octanol–water partition coefficient (Wildman–Crippen LogP) is 6.94. The number of benzene rings is 3. The van der Waals surface area contributed by atoms with Gasteiger partial charge in [0, 0.05) is 33.4 Å². The maximum Gasteiger partial charge on any atom is 0.281 e. The number of fused-ring (bicyclic) bond motifs is 1. The van der Waals surface area contributed by atoms with Gasteiger partial charge in [-0.3, -0.25) is 9.78 Å². The molecule has 0 atom stereocenters. The average Bonchev–Trinajstić information content (AvgIpc) is 3.33. The number of aromatic amines is 1. The van der Waals surface area contributed by atoms with Gasteiger partial charge in [-0.25, -0.2) is 13.1 Å². The summed E-state index contributed by atoms with van der Waals surface area (Å²) >= 11 is 6.29. The van der Waals surface area contributed by atoms with Crippen LogP contribution in [0.5, 0.6) is 5.75 Å². The molecule has 0 aliphatic carbocycles. The SMILES string of the molecule is Cc1cc(OCCCc2c(C(=O)NS(=O)(=O)c3ccccc3)[nH]c3c(-c4cccnc4C)cccc23)cc(C)c1Cl. The van der Waals surface area contributed by atoms with Crippen molar-refractivity contribution in [3.8, 4) is 16.9 Å². The number of sulfonamides is 1. The lowest BCUT2D eigenvalue weighted by atomic mass is 9.99. The van der Waals surface area contributed by atoms with Gasteiger partial charge in [-0.2, -0.15) is 0 Å². The molecule has 0 aliphatic rings. The van der Waals surface area contributed by atoms with Crippen LogP contribution in [0.25, 0.3) is 22.0 Å². The Bertz CT molecular complexity index is 1830. The lowest BCUT2D eigenvalue weighted by Crippen LogP contribution is -2.31. The summed E-state index contributed by atoms with van der Waals surface area (Å²) in [6.45, 7) is 6.20. The van der Waals surface area contributed by atoms with Crippen LogP contribution in [-0.2, 0) is 16.4 Å². The molecule has 2 N–H and O–H groups in total. The van der Waals surface area contributed by atoms with Gasteiger partial charge < -0.3 is 9.72 Å². The number of nitrogens with zero attached hydrogens (tertiary/aromatic N) is 1. The summed E-state index contributed by atoms with van der Waals surface area (Å²) in [7, 11) is -4.07. The fourth-order valence-electron chi connectivity index (χ4n) is 4.98. The molecule has 0 saturated carbocycles. The molecule has 7 nitrogen and oxygen atoms in total. The van der Waals surface area contributed by atoms with Crippen molar-refractivity contribution < 1.29 is 17.9 Å². The van der Waals surface area contributed by atoms with Gasteiger partial charge in [0.1, 0.15) is 11.4 Å². The minimum absolute atomic E-state index is 0.0136. The molecule has 0 bridgehead atoms. The van der Waals surface area contributed by atoms with Crippen molar-refractivity contribution in [2.24, 2.45) is 0 Å². The van der Waals surface area contributed by atoms with Gasteiger partial charge in [-0.05, 0) is 80.6 Å². The fourth-order valence-corrected chi connectivity index (χ4v) is 6.07. The summed E-state index contributed by atoms with van der Waals surface area (Å²) in [6, 6.07) is 21.3. The number of halogens is 1. The van der Waals surface area contributed by atoms with Crippen molar-refractivity contribution in [2.45, 2.75) is 38.5 Å². The quantitative estimate of drug-likeness (QED) is 0.182. The average molecular weight is 588 g/mol. The molecule has 1 amide bonds. The number of carbonyl (C=O) groups excluding carboxylic acids is 1. The Morgan fingerprint density at radius 1 is 0.951 bits per heavy atom. The molecule has 0 fully saturated rings. The van der Waals surface area contributed by atoms with Crippen LogP contribution in [0.1, 0.15) is 39.3 Å². The van der Waals surface area contributed by atoms with E-state index in [0.29, 0.717) is 19.4 Å². The Labute approximate surface area is 244 Å². The van der Waals surface area contributed by atoms with E-state index in [1.807, 2.05) is 63.2 Å². The van der Waals surface area contributed by atoms with Gasteiger partial charge in [0.25, 0.3) is 15.9 Å². The number of nitrogens with one attached hydrogen (secondary N) is 2. The highest BCUT2D eigenvalue weighted by Gasteiger charge is 2.24. The molecular formula is C32H30ClN3O4S. The number of hydrogen-bond acceptors (Lipinski definition) is 5. The third-order valence-electron chi connectivity index (χ3n) is 7.00. The zero-order chi connectivity index (χ0) is 29.1. The Balaban J connectivity index is 1.48. The topological polar surface area (TPSA) is 101 Å². The molecule has 0 spiro atoms. The Kier molecular flexibility index (Phi) is 8.15. The number of pyridine rings is 1. The highest BCUT2D eigenvalue weighted by Crippen LogP contribution is 2.34. The van der Waals surface area contributed by atoms with Gasteiger partial charge >= 0.3 is 0 Å². The van der Waals surface area contributed by atoms with E-state index < -0.39 is 15.9 Å². The summed E-state index contributed by atoms with van der Waals surface area (Å²) in [5.41, 5.74) is 6.18. The van der Waals surface area contributed by atoms with E-state index in [1.165, 1.54) is 12.1 Å². The molecule has 0 aliphatic heterocycles. The standard InChI is InChI=1S/C32H30ClN3O4S/c1-20-18-23(19-21(2)29(20)33)40-17-9-15-28-27-13-7-12-26(25-14-8-16-34-22(25)3)30(27)35-31(28)32(37)36-41(38,39)24-10-5-4-6-11-24/h4-8,10-14,16,18-19,35H,9,15,17H2,1-3H3,(H,36,37). The molecule has 2 heterocycles. The number of para-hydroxylation sites is 1. The maximum atomic E-state index is 13.5. The van der Waals surface area contributed by atoms with Crippen molar-refractivity contribution >= 4 is 38.4 Å². The largest absolute Gasteiger partial charge is 0.494 e. The third-order valence-corrected chi connectivity index (χ3v) is 8.94. The van der Waals surface area contributed by atoms with E-state index in [0.717, 1.165) is 55.2 Å². The lowest BCUT2D eigenvalue weighted by Gasteiger charge is -2.11. The minimum Gasteiger partial charge on any atom is -0.494 e. The predicted molar refractivity (Wildman–Crippen MR) is 162 cm³/mol. The van der Waals surface area contributed by atoms with Crippen LogP contribution in [0.2, 0.25) is 5.02 Å². The van der Waals surface area contributed by atoms with Gasteiger partial charge in [-0.15, -0.1) is 0 Å². The second kappa shape index (κ2) is 11.8. The molecule has 9 heteroatoms. The zero-order valence-corrected chi connectivity index (χ0v) is 24.6. The van der Waals surface area contributed by atoms with Gasteiger partial charge in [0.05, 0.1) is 17.0 Å². The first-order valence-electron chi connectivity index (χ1n) is 13.2. The van der Waals surface area contributed by atoms with Crippen LogP contribution >= 0.6 is 11.6 Å². The molecule has 0 unspecified atom stereocenters. The summed E-state index contributed by atoms with van der Waals surface area (Å²) in [6.07, 6.45) is 2.81. The Morgan fingerprint density at radius 3 is 2.37 bits per heavy atom. The van der Waals surface area contributed by atoms with Crippen LogP contribution in [0.3, 0.4) is 0 Å². The highest BCUT2D eigenvalue weighted by atomic mass is 35.5. The molecule has 5 rings (SSSR count). The van der Waals surface area contributed by atoms with Crippen LogP contribution in [-0.4, -0.2) is 30.9 Å². The zero-order valence-electron chi connectivity index (χ0n) is 23.0. The number of carbonyl (C=O) groups is 1. The third kappa shape index (κ3) is 5.99. The summed E-state index contributed by atoms with van der Waals surface area (Å²) in [4.78, 5) is 21.2. The van der Waals surface area contributed by atoms with Crippen molar-refractivity contribution in [1.29, 1.82) is 0 Å². The van der Waals surface area contributed by atoms with Crippen molar-refractivity contribution in [2.75, 3.05) is 6.61 Å². The molecule has 41 heavy (non-hydrogen) atoms. The Hall–Kier alpha value is -4.14. The summed E-state index contributed by atoms with van der Waals surface area (Å²) in [5.74, 6) is 0.00312. The first-order chi connectivity index (χ1) is 19.7. The van der Waals surface area contributed by atoms with Crippen LogP contribution in [0.4, 0.5) is 0 Å². The number of hydrogen-bond donors (Lipinski definition) is 2. The van der Waals surface area contributed by atoms with Crippen molar-refractivity contribution in [3.05, 3.63) is 112 Å². The first-order valence-corrected chi connectivity index (χ1v) is 15.1. The first kappa shape index (κ1) is 28.4. The number of rotatable bonds is 9. The molecule has 5 aromatic rings. The molecular weight excluding hydrogens is 558 g/mol. The van der Waals surface area contributed by atoms with Crippen LogP contribution in [0, 0.1) is 20.8 Å². The number of H-pyrrole nitrogens is 1. The number of amides is 1. The number of aryl methyl sites for hydroxylation is 4. The van der Waals surface area contributed by atoms with E-state index in [4.69, 9.17) is 16.3 Å². The van der Waals surface area contributed by atoms with E-state index in [-0.39, 0.29) is 10.6 Å². The number of ether oxygens (including phenoxy) is 1. The fraction of sp³-hybridized carbons (Fsp3) is 0.188. The molecule has 3 aromatic carbocycles. The second-order valence-electron chi connectivity index (χ2n) is 9.91. The number of aromatic nitrogens is 2. The van der Waals surface area contributed by atoms with Gasteiger partial charge in [0.2, 0.25) is 0 Å². The molecule has 0 radical (unpaired) electrons.